The van der Waals surface area contributed by atoms with E-state index in [4.69, 9.17) is 14.2 Å². The van der Waals surface area contributed by atoms with Crippen LogP contribution < -0.4 is 24.2 Å². The van der Waals surface area contributed by atoms with E-state index in [9.17, 15) is 14.4 Å². The monoisotopic (exact) mass is 421 g/mol. The third-order valence-electron chi connectivity index (χ3n) is 3.78. The number of carbonyl (C=O) groups excluding carboxylic acids is 2. The Bertz CT molecular complexity index is 1050. The lowest BCUT2D eigenvalue weighted by Crippen LogP contribution is -2.34. The second kappa shape index (κ2) is 10.5. The van der Waals surface area contributed by atoms with E-state index in [0.29, 0.717) is 28.2 Å². The molecule has 0 atom stereocenters. The summed E-state index contributed by atoms with van der Waals surface area (Å²) in [5.41, 5.74) is 0.199. The van der Waals surface area contributed by atoms with Crippen molar-refractivity contribution >= 4 is 35.4 Å². The predicted octanol–water partition coefficient (Wildman–Crippen LogP) is 0.663. The SMILES string of the molecule is CCOC(=O)/C=c1\s/c(=C\c2cccc(OCC)c2OC)c(=O)n1CC(=O)OC. The highest BCUT2D eigenvalue weighted by Crippen LogP contribution is 2.31. The first-order chi connectivity index (χ1) is 13.9. The Labute approximate surface area is 171 Å². The van der Waals surface area contributed by atoms with Gasteiger partial charge in [0.15, 0.2) is 11.5 Å². The van der Waals surface area contributed by atoms with Crippen LogP contribution in [0.3, 0.4) is 0 Å². The fraction of sp³-hybridized carbons (Fsp3) is 0.350. The molecule has 8 nitrogen and oxygen atoms in total. The van der Waals surface area contributed by atoms with Crippen LogP contribution in [0.4, 0.5) is 0 Å². The van der Waals surface area contributed by atoms with Crippen LogP contribution in [0.1, 0.15) is 19.4 Å². The van der Waals surface area contributed by atoms with Gasteiger partial charge in [-0.05, 0) is 26.0 Å². The number of rotatable bonds is 8. The number of thiazole rings is 1. The Morgan fingerprint density at radius 1 is 1.17 bits per heavy atom. The van der Waals surface area contributed by atoms with Crippen LogP contribution in [0.15, 0.2) is 23.0 Å². The lowest BCUT2D eigenvalue weighted by molar-refractivity contribution is -0.141. The molecule has 0 bridgehead atoms. The Kier molecular flexibility index (Phi) is 8.02. The summed E-state index contributed by atoms with van der Waals surface area (Å²) < 4.78 is 22.3. The summed E-state index contributed by atoms with van der Waals surface area (Å²) in [6.45, 7) is 3.88. The molecule has 0 amide bonds. The van der Waals surface area contributed by atoms with Gasteiger partial charge in [-0.25, -0.2) is 4.79 Å². The molecule has 0 saturated heterocycles. The molecule has 0 N–H and O–H groups in total. The van der Waals surface area contributed by atoms with E-state index in [-0.39, 0.29) is 17.8 Å². The zero-order chi connectivity index (χ0) is 21.4. The zero-order valence-electron chi connectivity index (χ0n) is 16.7. The fourth-order valence-electron chi connectivity index (χ4n) is 2.55. The van der Waals surface area contributed by atoms with Crippen molar-refractivity contribution in [2.45, 2.75) is 20.4 Å². The molecule has 1 heterocycles. The molecule has 0 fully saturated rings. The van der Waals surface area contributed by atoms with E-state index in [1.165, 1.54) is 24.9 Å². The molecule has 0 radical (unpaired) electrons. The topological polar surface area (TPSA) is 93.1 Å². The van der Waals surface area contributed by atoms with Crippen molar-refractivity contribution in [2.75, 3.05) is 27.4 Å². The summed E-state index contributed by atoms with van der Waals surface area (Å²) in [6, 6.07) is 5.33. The van der Waals surface area contributed by atoms with Gasteiger partial charge in [-0.1, -0.05) is 12.1 Å². The van der Waals surface area contributed by atoms with Crippen LogP contribution in [0.2, 0.25) is 0 Å². The molecule has 29 heavy (non-hydrogen) atoms. The molecule has 0 unspecified atom stereocenters. The average Bonchev–Trinajstić information content (AvgIpc) is 2.97. The Balaban J connectivity index is 2.68. The fourth-order valence-corrected chi connectivity index (χ4v) is 3.57. The number of nitrogens with zero attached hydrogens (tertiary/aromatic N) is 1. The maximum absolute atomic E-state index is 12.9. The minimum atomic E-state index is -0.606. The highest BCUT2D eigenvalue weighted by atomic mass is 32.1. The van der Waals surface area contributed by atoms with Crippen LogP contribution >= 0.6 is 11.3 Å². The number of para-hydroxylation sites is 1. The number of hydrogen-bond acceptors (Lipinski definition) is 8. The van der Waals surface area contributed by atoms with Crippen molar-refractivity contribution in [3.8, 4) is 11.5 Å². The minimum Gasteiger partial charge on any atom is -0.492 e. The van der Waals surface area contributed by atoms with Gasteiger partial charge in [0.2, 0.25) is 0 Å². The largest absolute Gasteiger partial charge is 0.492 e. The highest BCUT2D eigenvalue weighted by molar-refractivity contribution is 7.07. The lowest BCUT2D eigenvalue weighted by atomic mass is 10.2. The van der Waals surface area contributed by atoms with Gasteiger partial charge in [0.1, 0.15) is 11.2 Å². The number of benzene rings is 1. The molecule has 2 aromatic rings. The first-order valence-corrected chi connectivity index (χ1v) is 9.73. The molecule has 9 heteroatoms. The maximum Gasteiger partial charge on any atom is 0.333 e. The van der Waals surface area contributed by atoms with Crippen LogP contribution in [0.5, 0.6) is 11.5 Å². The highest BCUT2D eigenvalue weighted by Gasteiger charge is 2.13. The number of esters is 2. The van der Waals surface area contributed by atoms with E-state index in [0.717, 1.165) is 11.3 Å². The van der Waals surface area contributed by atoms with Crippen LogP contribution in [-0.2, 0) is 25.6 Å². The number of carbonyl (C=O) groups is 2. The van der Waals surface area contributed by atoms with Gasteiger partial charge in [0, 0.05) is 5.56 Å². The van der Waals surface area contributed by atoms with E-state index in [1.807, 2.05) is 6.92 Å². The molecule has 0 saturated carbocycles. The van der Waals surface area contributed by atoms with E-state index >= 15 is 0 Å². The molecule has 0 aliphatic carbocycles. The molecule has 0 aliphatic heterocycles. The van der Waals surface area contributed by atoms with Crippen molar-refractivity contribution < 1.29 is 28.5 Å². The summed E-state index contributed by atoms with van der Waals surface area (Å²) in [5.74, 6) is -0.174. The van der Waals surface area contributed by atoms with E-state index in [2.05, 4.69) is 4.74 Å². The van der Waals surface area contributed by atoms with E-state index in [1.54, 1.807) is 31.2 Å². The van der Waals surface area contributed by atoms with Crippen LogP contribution in [0, 0.1) is 0 Å². The van der Waals surface area contributed by atoms with Crippen molar-refractivity contribution in [3.63, 3.8) is 0 Å². The standard InChI is InChI=1S/C20H23NO7S/c1-5-27-14-9-7-8-13(19(14)26-4)10-15-20(24)21(12-18(23)25-3)16(29-15)11-17(22)28-6-2/h7-11H,5-6,12H2,1-4H3/b15-10-,16-11-. The van der Waals surface area contributed by atoms with Crippen molar-refractivity contribution in [1.82, 2.24) is 4.57 Å². The minimum absolute atomic E-state index is 0.197. The predicted molar refractivity (Wildman–Crippen MR) is 109 cm³/mol. The van der Waals surface area contributed by atoms with Gasteiger partial charge in [-0.15, -0.1) is 11.3 Å². The van der Waals surface area contributed by atoms with Gasteiger partial charge in [-0.3, -0.25) is 14.2 Å². The van der Waals surface area contributed by atoms with Gasteiger partial charge in [-0.2, -0.15) is 0 Å². The number of aromatic nitrogens is 1. The molecule has 2 rings (SSSR count). The van der Waals surface area contributed by atoms with Crippen LogP contribution in [0.25, 0.3) is 12.2 Å². The van der Waals surface area contributed by atoms with Crippen molar-refractivity contribution in [2.24, 2.45) is 0 Å². The summed E-state index contributed by atoms with van der Waals surface area (Å²) in [5, 5.41) is 0. The van der Waals surface area contributed by atoms with Crippen molar-refractivity contribution in [1.29, 1.82) is 0 Å². The first-order valence-electron chi connectivity index (χ1n) is 8.91. The van der Waals surface area contributed by atoms with Crippen molar-refractivity contribution in [3.05, 3.63) is 43.3 Å². The second-order valence-corrected chi connectivity index (χ2v) is 6.69. The molecule has 1 aromatic carbocycles. The molecule has 0 aliphatic rings. The first kappa shape index (κ1) is 22.2. The Morgan fingerprint density at radius 2 is 1.93 bits per heavy atom. The molecular weight excluding hydrogens is 398 g/mol. The summed E-state index contributed by atoms with van der Waals surface area (Å²) in [4.78, 5) is 36.5. The van der Waals surface area contributed by atoms with Crippen LogP contribution in [-0.4, -0.2) is 43.9 Å². The normalized spacial score (nSPS) is 12.0. The van der Waals surface area contributed by atoms with Gasteiger partial charge in [0.25, 0.3) is 5.56 Å². The maximum atomic E-state index is 12.9. The third-order valence-corrected chi connectivity index (χ3v) is 4.84. The molecular formula is C20H23NO7S. The smallest absolute Gasteiger partial charge is 0.333 e. The summed E-state index contributed by atoms with van der Waals surface area (Å²) >= 11 is 1.06. The Morgan fingerprint density at radius 3 is 2.55 bits per heavy atom. The van der Waals surface area contributed by atoms with Gasteiger partial charge in [0.05, 0.1) is 38.0 Å². The third kappa shape index (κ3) is 5.47. The Hall–Kier alpha value is -3.07. The quantitative estimate of drug-likeness (QED) is 0.578. The summed E-state index contributed by atoms with van der Waals surface area (Å²) in [6.07, 6.45) is 2.81. The molecule has 1 aromatic heterocycles. The second-order valence-electron chi connectivity index (χ2n) is 5.62. The lowest BCUT2D eigenvalue weighted by Gasteiger charge is -2.11. The van der Waals surface area contributed by atoms with E-state index < -0.39 is 17.5 Å². The number of hydrogen-bond donors (Lipinski definition) is 0. The average molecular weight is 421 g/mol. The number of methoxy groups -OCH3 is 2. The zero-order valence-corrected chi connectivity index (χ0v) is 17.5. The number of ether oxygens (including phenoxy) is 4. The molecule has 0 spiro atoms. The summed E-state index contributed by atoms with van der Waals surface area (Å²) in [7, 11) is 2.74. The van der Waals surface area contributed by atoms with Gasteiger partial charge < -0.3 is 18.9 Å². The molecule has 156 valence electrons. The van der Waals surface area contributed by atoms with Gasteiger partial charge >= 0.3 is 11.9 Å².